The van der Waals surface area contributed by atoms with Gasteiger partial charge in [0.15, 0.2) is 0 Å². The van der Waals surface area contributed by atoms with E-state index in [0.717, 1.165) is 19.3 Å². The minimum atomic E-state index is -4.40. The van der Waals surface area contributed by atoms with Crippen molar-refractivity contribution >= 4 is 10.1 Å². The van der Waals surface area contributed by atoms with Crippen LogP contribution in [0.15, 0.2) is 24.3 Å². The molecule has 0 fully saturated rings. The maximum atomic E-state index is 10.8. The minimum absolute atomic E-state index is 0. The number of unbranched alkanes of at least 4 members (excludes halogenated alkanes) is 5. The molecule has 0 aromatic rings. The number of allylic oxidation sites excluding steroid dienone is 2. The Hall–Kier alpha value is 0.310. The van der Waals surface area contributed by atoms with Gasteiger partial charge < -0.3 is 14.0 Å². The quantitative estimate of drug-likeness (QED) is 0.269. The largest absolute Gasteiger partial charge is 1.00 e. The molecule has 1 aliphatic carbocycles. The standard InChI is InChI=1S/C18H32O5S.Na/c1-3-4-5-6-7-9-12-18(13-10-8-11-14-18)23-16-15-22-17(2)24(19,20)21;/h8,10-11,13,17H,3-7,9,12,14-16H2,1-2H3,(H,19,20,21);/q;+1/p-1. The van der Waals surface area contributed by atoms with Crippen molar-refractivity contribution in [2.45, 2.75) is 76.3 Å². The number of rotatable bonds is 13. The van der Waals surface area contributed by atoms with Gasteiger partial charge in [-0.05, 0) is 19.8 Å². The Labute approximate surface area is 175 Å². The van der Waals surface area contributed by atoms with Crippen LogP contribution in [0.5, 0.6) is 0 Å². The van der Waals surface area contributed by atoms with Gasteiger partial charge in [-0.15, -0.1) is 0 Å². The number of hydrogen-bond donors (Lipinski definition) is 0. The first kappa shape index (κ1) is 25.3. The van der Waals surface area contributed by atoms with Gasteiger partial charge in [-0.3, -0.25) is 0 Å². The van der Waals surface area contributed by atoms with Crippen molar-refractivity contribution in [1.29, 1.82) is 0 Å². The summed E-state index contributed by atoms with van der Waals surface area (Å²) in [4.78, 5) is 0. The maximum Gasteiger partial charge on any atom is 1.00 e. The third kappa shape index (κ3) is 10.9. The van der Waals surface area contributed by atoms with E-state index in [1.807, 2.05) is 12.2 Å². The Morgan fingerprint density at radius 2 is 1.80 bits per heavy atom. The first-order valence-corrected chi connectivity index (χ1v) is 10.4. The van der Waals surface area contributed by atoms with Crippen molar-refractivity contribution < 1.29 is 52.0 Å². The van der Waals surface area contributed by atoms with Crippen molar-refractivity contribution in [2.75, 3.05) is 13.2 Å². The monoisotopic (exact) mass is 382 g/mol. The van der Waals surface area contributed by atoms with E-state index in [1.54, 1.807) is 0 Å². The molecule has 0 bridgehead atoms. The zero-order chi connectivity index (χ0) is 17.9. The SMILES string of the molecule is CCCCCCCCC1(OCCOC(C)S(=O)(=O)[O-])C=CC=CC1.[Na+]. The fourth-order valence-corrected chi connectivity index (χ4v) is 3.02. The molecule has 0 amide bonds. The summed E-state index contributed by atoms with van der Waals surface area (Å²) in [6.45, 7) is 3.83. The topological polar surface area (TPSA) is 75.7 Å². The third-order valence-corrected chi connectivity index (χ3v) is 5.25. The normalized spacial score (nSPS) is 21.1. The zero-order valence-corrected chi connectivity index (χ0v) is 18.7. The van der Waals surface area contributed by atoms with Crippen LogP contribution < -0.4 is 29.6 Å². The summed E-state index contributed by atoms with van der Waals surface area (Å²) in [7, 11) is -4.40. The summed E-state index contributed by atoms with van der Waals surface area (Å²) >= 11 is 0. The van der Waals surface area contributed by atoms with Gasteiger partial charge >= 0.3 is 29.6 Å². The fraction of sp³-hybridized carbons (Fsp3) is 0.778. The smallest absolute Gasteiger partial charge is 0.746 e. The molecule has 0 saturated heterocycles. The summed E-state index contributed by atoms with van der Waals surface area (Å²) in [5, 5.41) is 0. The first-order chi connectivity index (χ1) is 11.4. The number of ether oxygens (including phenoxy) is 2. The van der Waals surface area contributed by atoms with E-state index < -0.39 is 15.6 Å². The summed E-state index contributed by atoms with van der Waals surface area (Å²) in [5.74, 6) is 0. The van der Waals surface area contributed by atoms with Crippen LogP contribution in [0.4, 0.5) is 0 Å². The van der Waals surface area contributed by atoms with Gasteiger partial charge in [-0.25, -0.2) is 8.42 Å². The van der Waals surface area contributed by atoms with Gasteiger partial charge in [0.2, 0.25) is 0 Å². The molecule has 0 aromatic heterocycles. The van der Waals surface area contributed by atoms with Gasteiger partial charge in [-0.1, -0.05) is 69.8 Å². The molecular formula is C18H31NaO5S. The van der Waals surface area contributed by atoms with E-state index >= 15 is 0 Å². The summed E-state index contributed by atoms with van der Waals surface area (Å²) in [5.41, 5.74) is -1.67. The molecule has 1 rings (SSSR count). The molecule has 0 aromatic carbocycles. The molecule has 0 radical (unpaired) electrons. The second-order valence-electron chi connectivity index (χ2n) is 6.35. The van der Waals surface area contributed by atoms with Gasteiger partial charge in [0.1, 0.15) is 15.6 Å². The predicted molar refractivity (Wildman–Crippen MR) is 94.7 cm³/mol. The van der Waals surface area contributed by atoms with Gasteiger partial charge in [0.05, 0.1) is 18.8 Å². The van der Waals surface area contributed by atoms with Crippen LogP contribution in [0, 0.1) is 0 Å². The summed E-state index contributed by atoms with van der Waals surface area (Å²) in [6.07, 6.45) is 17.3. The van der Waals surface area contributed by atoms with Crippen LogP contribution in [0.1, 0.15) is 65.2 Å². The molecule has 0 spiro atoms. The van der Waals surface area contributed by atoms with Crippen LogP contribution >= 0.6 is 0 Å². The second kappa shape index (κ2) is 13.5. The molecule has 0 aliphatic heterocycles. The van der Waals surface area contributed by atoms with Crippen LogP contribution in [-0.4, -0.2) is 37.2 Å². The van der Waals surface area contributed by atoms with Crippen molar-refractivity contribution in [3.05, 3.63) is 24.3 Å². The van der Waals surface area contributed by atoms with Crippen molar-refractivity contribution in [1.82, 2.24) is 0 Å². The Kier molecular flexibility index (Phi) is 13.6. The molecule has 1 aliphatic rings. The second-order valence-corrected chi connectivity index (χ2v) is 8.00. The van der Waals surface area contributed by atoms with Crippen LogP contribution in [0.2, 0.25) is 0 Å². The average Bonchev–Trinajstić information content (AvgIpc) is 2.55. The molecule has 140 valence electrons. The van der Waals surface area contributed by atoms with Crippen LogP contribution in [0.3, 0.4) is 0 Å². The van der Waals surface area contributed by atoms with E-state index in [-0.39, 0.29) is 48.4 Å². The molecular weight excluding hydrogens is 351 g/mol. The van der Waals surface area contributed by atoms with E-state index in [1.165, 1.54) is 39.0 Å². The van der Waals surface area contributed by atoms with Crippen LogP contribution in [0.25, 0.3) is 0 Å². The van der Waals surface area contributed by atoms with E-state index in [4.69, 9.17) is 9.47 Å². The first-order valence-electron chi connectivity index (χ1n) is 8.94. The Balaban J connectivity index is 0.00000576. The number of hydrogen-bond acceptors (Lipinski definition) is 5. The Morgan fingerprint density at radius 1 is 1.12 bits per heavy atom. The van der Waals surface area contributed by atoms with Crippen molar-refractivity contribution in [2.24, 2.45) is 0 Å². The van der Waals surface area contributed by atoms with Crippen LogP contribution in [-0.2, 0) is 19.6 Å². The van der Waals surface area contributed by atoms with E-state index in [0.29, 0.717) is 0 Å². The maximum absolute atomic E-state index is 10.8. The molecule has 25 heavy (non-hydrogen) atoms. The van der Waals surface area contributed by atoms with E-state index in [9.17, 15) is 13.0 Å². The van der Waals surface area contributed by atoms with Crippen molar-refractivity contribution in [3.63, 3.8) is 0 Å². The summed E-state index contributed by atoms with van der Waals surface area (Å²) < 4.78 is 43.4. The minimum Gasteiger partial charge on any atom is -0.746 e. The summed E-state index contributed by atoms with van der Waals surface area (Å²) in [6, 6.07) is 0. The molecule has 5 nitrogen and oxygen atoms in total. The van der Waals surface area contributed by atoms with Gasteiger partial charge in [0, 0.05) is 0 Å². The molecule has 7 heteroatoms. The fourth-order valence-electron chi connectivity index (χ4n) is 2.76. The molecule has 2 unspecified atom stereocenters. The van der Waals surface area contributed by atoms with E-state index in [2.05, 4.69) is 19.1 Å². The van der Waals surface area contributed by atoms with Gasteiger partial charge in [0.25, 0.3) is 0 Å². The van der Waals surface area contributed by atoms with Crippen molar-refractivity contribution in [3.8, 4) is 0 Å². The third-order valence-electron chi connectivity index (χ3n) is 4.30. The van der Waals surface area contributed by atoms with Gasteiger partial charge in [-0.2, -0.15) is 0 Å². The molecule has 2 atom stereocenters. The molecule has 0 N–H and O–H groups in total. The average molecular weight is 382 g/mol. The molecule has 0 saturated carbocycles. The Bertz CT molecular complexity index is 504. The zero-order valence-electron chi connectivity index (χ0n) is 15.9. The predicted octanol–water partition coefficient (Wildman–Crippen LogP) is 0.920. The molecule has 0 heterocycles. The Morgan fingerprint density at radius 3 is 2.40 bits per heavy atom.